The van der Waals surface area contributed by atoms with E-state index < -0.39 is 5.97 Å². The number of thiophene rings is 1. The summed E-state index contributed by atoms with van der Waals surface area (Å²) in [7, 11) is 0. The third-order valence-electron chi connectivity index (χ3n) is 3.60. The van der Waals surface area contributed by atoms with E-state index in [1.54, 1.807) is 23.1 Å². The second-order valence-electron chi connectivity index (χ2n) is 5.38. The number of anilines is 1. The molecule has 0 aliphatic carbocycles. The van der Waals surface area contributed by atoms with E-state index in [4.69, 9.17) is 5.11 Å². The highest BCUT2D eigenvalue weighted by atomic mass is 32.2. The van der Waals surface area contributed by atoms with Crippen LogP contribution in [0.25, 0.3) is 0 Å². The second-order valence-corrected chi connectivity index (χ2v) is 8.58. The summed E-state index contributed by atoms with van der Waals surface area (Å²) < 4.78 is 0. The number of aliphatic carboxylic acids is 1. The fraction of sp³-hybridized carbons (Fsp3) is 0.294. The van der Waals surface area contributed by atoms with Crippen molar-refractivity contribution in [2.24, 2.45) is 0 Å². The number of carbonyl (C=O) groups is 2. The minimum absolute atomic E-state index is 0.00897. The lowest BCUT2D eigenvalue weighted by molar-refractivity contribution is -0.133. The highest BCUT2D eigenvalue weighted by Gasteiger charge is 2.28. The highest BCUT2D eigenvalue weighted by molar-refractivity contribution is 8.00. The maximum Gasteiger partial charge on any atom is 0.313 e. The Morgan fingerprint density at radius 2 is 2.21 bits per heavy atom. The van der Waals surface area contributed by atoms with Gasteiger partial charge in [-0.3, -0.25) is 9.59 Å². The summed E-state index contributed by atoms with van der Waals surface area (Å²) in [6.07, 6.45) is 1.04. The lowest BCUT2D eigenvalue weighted by Crippen LogP contribution is -2.22. The maximum atomic E-state index is 12.6. The Kier molecular flexibility index (Phi) is 5.86. The molecule has 0 radical (unpaired) electrons. The quantitative estimate of drug-likeness (QED) is 0.793. The van der Waals surface area contributed by atoms with Gasteiger partial charge in [0, 0.05) is 16.3 Å². The van der Waals surface area contributed by atoms with Crippen LogP contribution in [0.1, 0.15) is 21.3 Å². The Morgan fingerprint density at radius 1 is 1.33 bits per heavy atom. The number of carboxylic acid groups (broad SMARTS) is 1. The van der Waals surface area contributed by atoms with Gasteiger partial charge in [0.1, 0.15) is 5.25 Å². The number of fused-ring (bicyclic) bond motifs is 1. The van der Waals surface area contributed by atoms with E-state index >= 15 is 0 Å². The molecule has 1 aliphatic heterocycles. The standard InChI is InChI=1S/C17H17NO3S3/c19-15(20)10-22-9-11-2-1-3-12(8-11)18-17(21)16-13-4-6-23-14(13)5-7-24-16/h1-4,6,8,16H,5,7,9-10H2,(H,18,21)(H,19,20). The number of carbonyl (C=O) groups excluding carboxylic acids is 1. The number of amides is 1. The SMILES string of the molecule is O=C(O)CSCc1cccc(NC(=O)C2SCCc3sccc32)c1. The highest BCUT2D eigenvalue weighted by Crippen LogP contribution is 2.40. The molecule has 0 spiro atoms. The molecule has 2 aromatic rings. The Labute approximate surface area is 153 Å². The summed E-state index contributed by atoms with van der Waals surface area (Å²) >= 11 is 4.75. The van der Waals surface area contributed by atoms with Crippen LogP contribution in [-0.4, -0.2) is 28.5 Å². The molecule has 4 nitrogen and oxygen atoms in total. The zero-order valence-corrected chi connectivity index (χ0v) is 15.3. The van der Waals surface area contributed by atoms with Crippen molar-refractivity contribution in [2.75, 3.05) is 16.8 Å². The number of thioether (sulfide) groups is 2. The average molecular weight is 380 g/mol. The number of hydrogen-bond donors (Lipinski definition) is 2. The van der Waals surface area contributed by atoms with Crippen LogP contribution in [-0.2, 0) is 21.8 Å². The third-order valence-corrected chi connectivity index (χ3v) is 6.83. The minimum atomic E-state index is -0.814. The maximum absolute atomic E-state index is 12.6. The first-order valence-electron chi connectivity index (χ1n) is 7.50. The molecule has 3 rings (SSSR count). The Morgan fingerprint density at radius 3 is 3.04 bits per heavy atom. The molecule has 7 heteroatoms. The van der Waals surface area contributed by atoms with Crippen LogP contribution in [0, 0.1) is 0 Å². The van der Waals surface area contributed by atoms with Crippen molar-refractivity contribution >= 4 is 52.4 Å². The van der Waals surface area contributed by atoms with Gasteiger partial charge >= 0.3 is 5.97 Å². The third kappa shape index (κ3) is 4.34. The van der Waals surface area contributed by atoms with E-state index in [1.165, 1.54) is 16.6 Å². The van der Waals surface area contributed by atoms with Gasteiger partial charge in [-0.05, 0) is 46.9 Å². The van der Waals surface area contributed by atoms with Crippen molar-refractivity contribution in [3.63, 3.8) is 0 Å². The number of carboxylic acids is 1. The first-order valence-corrected chi connectivity index (χ1v) is 10.6. The van der Waals surface area contributed by atoms with Gasteiger partial charge in [-0.2, -0.15) is 0 Å². The molecule has 1 unspecified atom stereocenters. The van der Waals surface area contributed by atoms with E-state index in [-0.39, 0.29) is 16.9 Å². The Hall–Kier alpha value is -1.44. The summed E-state index contributed by atoms with van der Waals surface area (Å²) in [5, 5.41) is 13.6. The normalized spacial score (nSPS) is 16.4. The van der Waals surface area contributed by atoms with E-state index in [1.807, 2.05) is 24.3 Å². The number of nitrogens with one attached hydrogen (secondary N) is 1. The van der Waals surface area contributed by atoms with Gasteiger partial charge in [0.05, 0.1) is 5.75 Å². The average Bonchev–Trinajstić information content (AvgIpc) is 3.03. The van der Waals surface area contributed by atoms with Gasteiger partial charge in [0.2, 0.25) is 5.91 Å². The van der Waals surface area contributed by atoms with Gasteiger partial charge in [0.25, 0.3) is 0 Å². The van der Waals surface area contributed by atoms with Crippen LogP contribution in [0.5, 0.6) is 0 Å². The molecule has 1 aromatic carbocycles. The molecule has 1 amide bonds. The van der Waals surface area contributed by atoms with Gasteiger partial charge in [0.15, 0.2) is 0 Å². The number of aryl methyl sites for hydroxylation is 1. The monoisotopic (exact) mass is 379 g/mol. The van der Waals surface area contributed by atoms with E-state index in [0.29, 0.717) is 5.75 Å². The lowest BCUT2D eigenvalue weighted by Gasteiger charge is -2.21. The topological polar surface area (TPSA) is 66.4 Å². The predicted octanol–water partition coefficient (Wildman–Crippen LogP) is 4.04. The largest absolute Gasteiger partial charge is 0.481 e. The van der Waals surface area contributed by atoms with Gasteiger partial charge < -0.3 is 10.4 Å². The van der Waals surface area contributed by atoms with Crippen LogP contribution in [0.3, 0.4) is 0 Å². The van der Waals surface area contributed by atoms with Crippen molar-refractivity contribution in [3.8, 4) is 0 Å². The zero-order valence-electron chi connectivity index (χ0n) is 12.9. The van der Waals surface area contributed by atoms with Crippen LogP contribution < -0.4 is 5.32 Å². The van der Waals surface area contributed by atoms with Crippen LogP contribution in [0.4, 0.5) is 5.69 Å². The van der Waals surface area contributed by atoms with Crippen molar-refractivity contribution < 1.29 is 14.7 Å². The molecule has 0 fully saturated rings. The number of hydrogen-bond acceptors (Lipinski definition) is 5. The van der Waals surface area contributed by atoms with E-state index in [2.05, 4.69) is 16.8 Å². The van der Waals surface area contributed by atoms with E-state index in [9.17, 15) is 9.59 Å². The number of benzene rings is 1. The smallest absolute Gasteiger partial charge is 0.313 e. The molecule has 1 atom stereocenters. The molecule has 1 aliphatic rings. The molecule has 0 saturated heterocycles. The fourth-order valence-electron chi connectivity index (χ4n) is 2.57. The van der Waals surface area contributed by atoms with Gasteiger partial charge in [-0.25, -0.2) is 0 Å². The molecular weight excluding hydrogens is 362 g/mol. The fourth-order valence-corrected chi connectivity index (χ4v) is 5.55. The first kappa shape index (κ1) is 17.4. The molecule has 126 valence electrons. The predicted molar refractivity (Wildman–Crippen MR) is 102 cm³/mol. The molecule has 2 N–H and O–H groups in total. The first-order chi connectivity index (χ1) is 11.6. The molecule has 1 aromatic heterocycles. The van der Waals surface area contributed by atoms with Crippen LogP contribution in [0.15, 0.2) is 35.7 Å². The molecule has 0 bridgehead atoms. The summed E-state index contributed by atoms with van der Waals surface area (Å²) in [6.45, 7) is 0. The molecule has 0 saturated carbocycles. The summed E-state index contributed by atoms with van der Waals surface area (Å²) in [4.78, 5) is 24.5. The van der Waals surface area contributed by atoms with Gasteiger partial charge in [-0.1, -0.05) is 12.1 Å². The molecular formula is C17H17NO3S3. The molecule has 24 heavy (non-hydrogen) atoms. The number of rotatable bonds is 6. The summed E-state index contributed by atoms with van der Waals surface area (Å²) in [5.41, 5.74) is 2.91. The minimum Gasteiger partial charge on any atom is -0.481 e. The van der Waals surface area contributed by atoms with Crippen LogP contribution in [0.2, 0.25) is 0 Å². The van der Waals surface area contributed by atoms with Crippen molar-refractivity contribution in [1.29, 1.82) is 0 Å². The summed E-state index contributed by atoms with van der Waals surface area (Å²) in [6, 6.07) is 9.66. The van der Waals surface area contributed by atoms with Crippen molar-refractivity contribution in [3.05, 3.63) is 51.7 Å². The zero-order chi connectivity index (χ0) is 16.9. The van der Waals surface area contributed by atoms with Gasteiger partial charge in [-0.15, -0.1) is 34.9 Å². The van der Waals surface area contributed by atoms with E-state index in [0.717, 1.165) is 29.0 Å². The Bertz CT molecular complexity index is 744. The van der Waals surface area contributed by atoms with Crippen molar-refractivity contribution in [1.82, 2.24) is 0 Å². The van der Waals surface area contributed by atoms with Crippen LogP contribution >= 0.6 is 34.9 Å². The van der Waals surface area contributed by atoms with Crippen molar-refractivity contribution in [2.45, 2.75) is 17.4 Å². The lowest BCUT2D eigenvalue weighted by atomic mass is 10.1. The summed E-state index contributed by atoms with van der Waals surface area (Å²) in [5.74, 6) is 0.858. The molecule has 2 heterocycles. The Balaban J connectivity index is 1.64. The second kappa shape index (κ2) is 8.09.